The Bertz CT molecular complexity index is 285. The molecule has 0 aliphatic rings. The number of hydrogen-bond acceptors (Lipinski definition) is 5. The van der Waals surface area contributed by atoms with Crippen molar-refractivity contribution in [3.8, 4) is 0 Å². The summed E-state index contributed by atoms with van der Waals surface area (Å²) in [7, 11) is -0.813. The smallest absolute Gasteiger partial charge is 0.350 e. The summed E-state index contributed by atoms with van der Waals surface area (Å²) in [6.07, 6.45) is 0. The van der Waals surface area contributed by atoms with Crippen LogP contribution in [0.1, 0.15) is 0 Å². The van der Waals surface area contributed by atoms with Crippen LogP contribution in [0.3, 0.4) is 0 Å². The number of oxime groups is 1. The molecule has 0 aromatic rings. The lowest BCUT2D eigenvalue weighted by Gasteiger charge is -2.16. The Balaban J connectivity index is 4.74. The van der Waals surface area contributed by atoms with E-state index in [2.05, 4.69) is 9.99 Å². The third kappa shape index (κ3) is 5.53. The Morgan fingerprint density at radius 3 is 2.20 bits per heavy atom. The van der Waals surface area contributed by atoms with E-state index in [9.17, 15) is 9.59 Å². The fourth-order valence-electron chi connectivity index (χ4n) is 0.683. The first-order valence-electron chi connectivity index (χ1n) is 4.25. The van der Waals surface area contributed by atoms with E-state index in [1.165, 1.54) is 7.11 Å². The monoisotopic (exact) mass is 251 g/mol. The molecule has 0 heterocycles. The summed E-state index contributed by atoms with van der Waals surface area (Å²) in [4.78, 5) is 27.1. The molecule has 0 aliphatic carbocycles. The van der Waals surface area contributed by atoms with Crippen LogP contribution in [0.4, 0.5) is 0 Å². The summed E-state index contributed by atoms with van der Waals surface area (Å²) in [5.41, 5.74) is -0.394. The third-order valence-corrected chi connectivity index (χ3v) is 2.20. The van der Waals surface area contributed by atoms with Gasteiger partial charge in [-0.2, -0.15) is 0 Å². The molecule has 0 atom stereocenters. The van der Waals surface area contributed by atoms with Gasteiger partial charge in [0.05, 0.1) is 5.88 Å². The van der Waals surface area contributed by atoms with E-state index in [0.717, 1.165) is 0 Å². The summed E-state index contributed by atoms with van der Waals surface area (Å²) in [5, 5.41) is 3.31. The largest absolute Gasteiger partial charge is 0.515 e. The molecule has 5 nitrogen and oxygen atoms in total. The standard InChI is InChI=1S/C8H14ClNO4Si/c1-13-10-7(6(11)5-9)8(12)14-15(2,3)4/h5H2,1-4H3. The quantitative estimate of drug-likeness (QED) is 0.242. The molecule has 0 N–H and O–H groups in total. The predicted molar refractivity (Wildman–Crippen MR) is 59.6 cm³/mol. The van der Waals surface area contributed by atoms with Gasteiger partial charge in [-0.3, -0.25) is 4.79 Å². The van der Waals surface area contributed by atoms with E-state index < -0.39 is 25.8 Å². The summed E-state index contributed by atoms with van der Waals surface area (Å²) in [6, 6.07) is 0. The van der Waals surface area contributed by atoms with E-state index in [-0.39, 0.29) is 5.88 Å². The molecule has 15 heavy (non-hydrogen) atoms. The third-order valence-electron chi connectivity index (χ3n) is 1.16. The minimum absolute atomic E-state index is 0.330. The maximum absolute atomic E-state index is 11.5. The van der Waals surface area contributed by atoms with E-state index in [1.54, 1.807) is 0 Å². The van der Waals surface area contributed by atoms with Gasteiger partial charge in [0.1, 0.15) is 7.11 Å². The lowest BCUT2D eigenvalue weighted by atomic mass is 10.3. The maximum atomic E-state index is 11.5. The SMILES string of the molecule is CON=C(C(=O)CCl)C(=O)O[Si](C)(C)C. The summed E-state index contributed by atoms with van der Waals surface area (Å²) >= 11 is 5.32. The lowest BCUT2D eigenvalue weighted by Crippen LogP contribution is -2.36. The number of alkyl halides is 1. The Morgan fingerprint density at radius 2 is 1.87 bits per heavy atom. The predicted octanol–water partition coefficient (Wildman–Crippen LogP) is 1.17. The number of halogens is 1. The normalized spacial score (nSPS) is 12.2. The van der Waals surface area contributed by atoms with E-state index in [4.69, 9.17) is 16.0 Å². The van der Waals surface area contributed by atoms with Gasteiger partial charge in [-0.25, -0.2) is 4.79 Å². The molecule has 86 valence electrons. The van der Waals surface area contributed by atoms with Crippen molar-refractivity contribution in [1.29, 1.82) is 0 Å². The van der Waals surface area contributed by atoms with Crippen molar-refractivity contribution in [3.63, 3.8) is 0 Å². The molecule has 0 radical (unpaired) electrons. The fraction of sp³-hybridized carbons (Fsp3) is 0.625. The molecule has 0 fully saturated rings. The van der Waals surface area contributed by atoms with Crippen molar-refractivity contribution in [1.82, 2.24) is 0 Å². The highest BCUT2D eigenvalue weighted by atomic mass is 35.5. The number of rotatable bonds is 5. The Hall–Kier alpha value is -0.883. The highest BCUT2D eigenvalue weighted by Gasteiger charge is 2.27. The Labute approximate surface area is 94.5 Å². The molecule has 0 spiro atoms. The maximum Gasteiger partial charge on any atom is 0.350 e. The molecule has 0 aliphatic heterocycles. The second-order valence-electron chi connectivity index (χ2n) is 3.68. The number of carbonyl (C=O) groups excluding carboxylic acids is 2. The van der Waals surface area contributed by atoms with Gasteiger partial charge in [0.15, 0.2) is 0 Å². The summed E-state index contributed by atoms with van der Waals surface area (Å²) in [5.74, 6) is -1.72. The highest BCUT2D eigenvalue weighted by Crippen LogP contribution is 2.04. The van der Waals surface area contributed by atoms with Crippen LogP contribution in [0, 0.1) is 0 Å². The van der Waals surface area contributed by atoms with Crippen molar-refractivity contribution >= 4 is 37.4 Å². The number of nitrogens with zero attached hydrogens (tertiary/aromatic N) is 1. The van der Waals surface area contributed by atoms with Crippen LogP contribution in [-0.2, 0) is 18.9 Å². The minimum atomic E-state index is -2.05. The van der Waals surface area contributed by atoms with Gasteiger partial charge >= 0.3 is 5.97 Å². The van der Waals surface area contributed by atoms with E-state index >= 15 is 0 Å². The van der Waals surface area contributed by atoms with Gasteiger partial charge in [0, 0.05) is 0 Å². The number of hydrogen-bond donors (Lipinski definition) is 0. The Morgan fingerprint density at radius 1 is 1.33 bits per heavy atom. The summed E-state index contributed by atoms with van der Waals surface area (Å²) < 4.78 is 5.09. The first kappa shape index (κ1) is 14.1. The molecule has 0 saturated carbocycles. The second-order valence-corrected chi connectivity index (χ2v) is 8.38. The number of Topliss-reactive ketones (excluding diaryl/α,β-unsaturated/α-hetero) is 1. The fourth-order valence-corrected chi connectivity index (χ4v) is 1.46. The van der Waals surface area contributed by atoms with Crippen LogP contribution in [0.2, 0.25) is 19.6 Å². The molecule has 7 heteroatoms. The molecule has 0 aromatic heterocycles. The molecular formula is C8H14ClNO4Si. The van der Waals surface area contributed by atoms with Crippen LogP contribution in [0.15, 0.2) is 5.16 Å². The zero-order valence-corrected chi connectivity index (χ0v) is 10.9. The lowest BCUT2D eigenvalue weighted by molar-refractivity contribution is -0.128. The van der Waals surface area contributed by atoms with Crippen molar-refractivity contribution < 1.29 is 18.9 Å². The van der Waals surface area contributed by atoms with Crippen molar-refractivity contribution in [2.75, 3.05) is 13.0 Å². The summed E-state index contributed by atoms with van der Waals surface area (Å²) in [6.45, 7) is 5.46. The first-order valence-corrected chi connectivity index (χ1v) is 8.19. The molecule has 0 rings (SSSR count). The van der Waals surface area contributed by atoms with Gasteiger partial charge in [0.25, 0.3) is 0 Å². The molecule has 0 bridgehead atoms. The van der Waals surface area contributed by atoms with Crippen LogP contribution in [0.25, 0.3) is 0 Å². The van der Waals surface area contributed by atoms with Crippen LogP contribution >= 0.6 is 11.6 Å². The van der Waals surface area contributed by atoms with Crippen molar-refractivity contribution in [2.24, 2.45) is 5.16 Å². The minimum Gasteiger partial charge on any atom is -0.515 e. The van der Waals surface area contributed by atoms with Crippen LogP contribution in [0.5, 0.6) is 0 Å². The molecule has 0 saturated heterocycles. The zero-order chi connectivity index (χ0) is 12.1. The second kappa shape index (κ2) is 5.87. The molecular weight excluding hydrogens is 238 g/mol. The molecule has 0 aromatic carbocycles. The zero-order valence-electron chi connectivity index (χ0n) is 9.17. The Kier molecular flexibility index (Phi) is 5.52. The molecule has 0 unspecified atom stereocenters. The van der Waals surface area contributed by atoms with Crippen LogP contribution < -0.4 is 0 Å². The van der Waals surface area contributed by atoms with Crippen molar-refractivity contribution in [3.05, 3.63) is 0 Å². The van der Waals surface area contributed by atoms with Crippen molar-refractivity contribution in [2.45, 2.75) is 19.6 Å². The average Bonchev–Trinajstić information content (AvgIpc) is 2.10. The van der Waals surface area contributed by atoms with E-state index in [1.807, 2.05) is 19.6 Å². The van der Waals surface area contributed by atoms with Gasteiger partial charge in [-0.05, 0) is 19.6 Å². The van der Waals surface area contributed by atoms with Gasteiger partial charge in [-0.15, -0.1) is 11.6 Å². The van der Waals surface area contributed by atoms with Gasteiger partial charge < -0.3 is 9.26 Å². The number of ketones is 1. The highest BCUT2D eigenvalue weighted by molar-refractivity contribution is 6.76. The topological polar surface area (TPSA) is 65.0 Å². The van der Waals surface area contributed by atoms with Gasteiger partial charge in [0.2, 0.25) is 19.8 Å². The first-order chi connectivity index (χ1) is 6.81. The van der Waals surface area contributed by atoms with Crippen LogP contribution in [-0.4, -0.2) is 38.8 Å². The average molecular weight is 252 g/mol. The molecule has 0 amide bonds. The number of carbonyl (C=O) groups is 2. The van der Waals surface area contributed by atoms with Gasteiger partial charge in [-0.1, -0.05) is 5.16 Å². The van der Waals surface area contributed by atoms with E-state index in [0.29, 0.717) is 0 Å².